The molecule has 92 valence electrons. The first-order valence-corrected chi connectivity index (χ1v) is 5.64. The molecule has 1 aliphatic heterocycles. The molecule has 0 atom stereocenters. The Kier molecular flexibility index (Phi) is 3.71. The highest BCUT2D eigenvalue weighted by molar-refractivity contribution is 5.83. The summed E-state index contributed by atoms with van der Waals surface area (Å²) in [5.41, 5.74) is 0.222. The minimum absolute atomic E-state index is 0.137. The van der Waals surface area contributed by atoms with Crippen molar-refractivity contribution in [2.24, 2.45) is 5.41 Å². The molecule has 0 unspecified atom stereocenters. The van der Waals surface area contributed by atoms with E-state index in [0.717, 1.165) is 5.69 Å². The van der Waals surface area contributed by atoms with Gasteiger partial charge in [-0.15, -0.1) is 0 Å². The maximum atomic E-state index is 11.8. The number of carbonyl (C=O) groups excluding carboxylic acids is 1. The van der Waals surface area contributed by atoms with Crippen LogP contribution in [0.3, 0.4) is 0 Å². The lowest BCUT2D eigenvalue weighted by Crippen LogP contribution is -2.56. The molecule has 2 rings (SSSR count). The number of carbonyl (C=O) groups is 1. The third-order valence-electron chi connectivity index (χ3n) is 2.93. The number of rotatable bonds is 5. The second-order valence-corrected chi connectivity index (χ2v) is 4.26. The molecule has 5 heteroatoms. The van der Waals surface area contributed by atoms with Gasteiger partial charge in [0.15, 0.2) is 0 Å². The van der Waals surface area contributed by atoms with Gasteiger partial charge in [0.1, 0.15) is 5.41 Å². The second kappa shape index (κ2) is 5.25. The van der Waals surface area contributed by atoms with Crippen LogP contribution in [0, 0.1) is 5.41 Å². The van der Waals surface area contributed by atoms with Gasteiger partial charge in [-0.25, -0.2) is 0 Å². The summed E-state index contributed by atoms with van der Waals surface area (Å²) in [6.07, 6.45) is 2.42. The average Bonchev–Trinajstić information content (AvgIpc) is 2.30. The topological polar surface area (TPSA) is 71.5 Å². The summed E-state index contributed by atoms with van der Waals surface area (Å²) in [6.45, 7) is 0.970. The summed E-state index contributed by atoms with van der Waals surface area (Å²) >= 11 is 0. The fourth-order valence-electron chi connectivity index (χ4n) is 1.68. The van der Waals surface area contributed by atoms with Gasteiger partial charge in [0.05, 0.1) is 19.8 Å². The summed E-state index contributed by atoms with van der Waals surface area (Å²) < 4.78 is 4.98. The molecule has 0 bridgehead atoms. The maximum absolute atomic E-state index is 11.8. The minimum atomic E-state index is -0.718. The predicted molar refractivity (Wildman–Crippen MR) is 61.3 cm³/mol. The molecule has 0 aromatic carbocycles. The van der Waals surface area contributed by atoms with Gasteiger partial charge < -0.3 is 15.2 Å². The number of pyridine rings is 1. The molecule has 1 amide bonds. The minimum Gasteiger partial charge on any atom is -0.395 e. The van der Waals surface area contributed by atoms with Crippen molar-refractivity contribution >= 4 is 5.91 Å². The molecule has 1 aliphatic rings. The van der Waals surface area contributed by atoms with Crippen LogP contribution in [-0.2, 0) is 16.0 Å². The highest BCUT2D eigenvalue weighted by atomic mass is 16.5. The summed E-state index contributed by atoms with van der Waals surface area (Å²) in [4.78, 5) is 16.0. The van der Waals surface area contributed by atoms with Crippen LogP contribution in [0.2, 0.25) is 0 Å². The highest BCUT2D eigenvalue weighted by Crippen LogP contribution is 2.26. The standard InChI is InChI=1S/C12H16N2O3/c15-7-12(8-17-9-12)11(16)14-6-4-10-3-1-2-5-13-10/h1-3,5,15H,4,6-9H2,(H,14,16). The van der Waals surface area contributed by atoms with Crippen LogP contribution in [0.1, 0.15) is 5.69 Å². The average molecular weight is 236 g/mol. The quantitative estimate of drug-likeness (QED) is 0.739. The zero-order valence-electron chi connectivity index (χ0n) is 9.56. The Bertz CT molecular complexity index is 371. The molecule has 1 aromatic heterocycles. The normalized spacial score (nSPS) is 17.2. The Hall–Kier alpha value is -1.46. The summed E-state index contributed by atoms with van der Waals surface area (Å²) in [5, 5.41) is 12.0. The van der Waals surface area contributed by atoms with Gasteiger partial charge in [-0.1, -0.05) is 6.07 Å². The molecule has 17 heavy (non-hydrogen) atoms. The van der Waals surface area contributed by atoms with Crippen molar-refractivity contribution in [1.82, 2.24) is 10.3 Å². The van der Waals surface area contributed by atoms with Crippen LogP contribution in [0.4, 0.5) is 0 Å². The Morgan fingerprint density at radius 2 is 2.35 bits per heavy atom. The van der Waals surface area contributed by atoms with E-state index in [4.69, 9.17) is 4.74 Å². The van der Waals surface area contributed by atoms with Crippen molar-refractivity contribution in [3.63, 3.8) is 0 Å². The van der Waals surface area contributed by atoms with Crippen LogP contribution in [-0.4, -0.2) is 42.4 Å². The number of aliphatic hydroxyl groups excluding tert-OH is 1. The van der Waals surface area contributed by atoms with Gasteiger partial charge in [0.25, 0.3) is 0 Å². The van der Waals surface area contributed by atoms with Crippen molar-refractivity contribution in [2.45, 2.75) is 6.42 Å². The summed E-state index contributed by atoms with van der Waals surface area (Å²) in [5.74, 6) is -0.137. The highest BCUT2D eigenvalue weighted by Gasteiger charge is 2.45. The van der Waals surface area contributed by atoms with E-state index in [1.807, 2.05) is 18.2 Å². The number of aromatic nitrogens is 1. The first kappa shape index (κ1) is 12.0. The summed E-state index contributed by atoms with van der Waals surface area (Å²) in [7, 11) is 0. The predicted octanol–water partition coefficient (Wildman–Crippen LogP) is -0.251. The summed E-state index contributed by atoms with van der Waals surface area (Å²) in [6, 6.07) is 5.69. The van der Waals surface area contributed by atoms with Crippen LogP contribution >= 0.6 is 0 Å². The van der Waals surface area contributed by atoms with Crippen molar-refractivity contribution in [1.29, 1.82) is 0 Å². The number of hydrogen-bond acceptors (Lipinski definition) is 4. The van der Waals surface area contributed by atoms with Gasteiger partial charge in [0.2, 0.25) is 5.91 Å². The lowest BCUT2D eigenvalue weighted by Gasteiger charge is -2.38. The number of aliphatic hydroxyl groups is 1. The molecular formula is C12H16N2O3. The molecular weight excluding hydrogens is 220 g/mol. The largest absolute Gasteiger partial charge is 0.395 e. The number of nitrogens with one attached hydrogen (secondary N) is 1. The number of hydrogen-bond donors (Lipinski definition) is 2. The molecule has 1 fully saturated rings. The van der Waals surface area contributed by atoms with Crippen LogP contribution in [0.5, 0.6) is 0 Å². The van der Waals surface area contributed by atoms with Crippen LogP contribution in [0.25, 0.3) is 0 Å². The third-order valence-corrected chi connectivity index (χ3v) is 2.93. The van der Waals surface area contributed by atoms with E-state index in [2.05, 4.69) is 10.3 Å². The van der Waals surface area contributed by atoms with E-state index in [1.54, 1.807) is 6.20 Å². The fraction of sp³-hybridized carbons (Fsp3) is 0.500. The molecule has 0 saturated carbocycles. The monoisotopic (exact) mass is 236 g/mol. The zero-order chi connectivity index (χ0) is 12.1. The first-order chi connectivity index (χ1) is 8.27. The Morgan fingerprint density at radius 3 is 2.88 bits per heavy atom. The molecule has 1 aromatic rings. The van der Waals surface area contributed by atoms with Crippen molar-refractivity contribution in [3.8, 4) is 0 Å². The van der Waals surface area contributed by atoms with E-state index in [-0.39, 0.29) is 12.5 Å². The number of nitrogens with zero attached hydrogens (tertiary/aromatic N) is 1. The van der Waals surface area contributed by atoms with Crippen molar-refractivity contribution in [3.05, 3.63) is 30.1 Å². The van der Waals surface area contributed by atoms with Gasteiger partial charge in [0, 0.05) is 24.9 Å². The second-order valence-electron chi connectivity index (χ2n) is 4.26. The molecule has 1 saturated heterocycles. The molecule has 0 aliphatic carbocycles. The lowest BCUT2D eigenvalue weighted by atomic mass is 9.86. The number of amides is 1. The van der Waals surface area contributed by atoms with E-state index < -0.39 is 5.41 Å². The molecule has 2 N–H and O–H groups in total. The van der Waals surface area contributed by atoms with E-state index in [1.165, 1.54) is 0 Å². The third kappa shape index (κ3) is 2.62. The Balaban J connectivity index is 1.77. The SMILES string of the molecule is O=C(NCCc1ccccn1)C1(CO)COC1. The van der Waals surface area contributed by atoms with Crippen LogP contribution in [0.15, 0.2) is 24.4 Å². The molecule has 2 heterocycles. The molecule has 0 radical (unpaired) electrons. The van der Waals surface area contributed by atoms with Gasteiger partial charge in [-0.05, 0) is 12.1 Å². The van der Waals surface area contributed by atoms with E-state index in [9.17, 15) is 9.90 Å². The Labute approximate surface area is 99.8 Å². The smallest absolute Gasteiger partial charge is 0.233 e. The van der Waals surface area contributed by atoms with Gasteiger partial charge in [-0.2, -0.15) is 0 Å². The fourth-order valence-corrected chi connectivity index (χ4v) is 1.68. The van der Waals surface area contributed by atoms with Crippen LogP contribution < -0.4 is 5.32 Å². The molecule has 0 spiro atoms. The van der Waals surface area contributed by atoms with E-state index in [0.29, 0.717) is 26.2 Å². The molecule has 5 nitrogen and oxygen atoms in total. The lowest BCUT2D eigenvalue weighted by molar-refractivity contribution is -0.169. The van der Waals surface area contributed by atoms with Crippen molar-refractivity contribution < 1.29 is 14.6 Å². The van der Waals surface area contributed by atoms with E-state index >= 15 is 0 Å². The number of ether oxygens (including phenoxy) is 1. The van der Waals surface area contributed by atoms with Gasteiger partial charge in [-0.3, -0.25) is 9.78 Å². The first-order valence-electron chi connectivity index (χ1n) is 5.64. The van der Waals surface area contributed by atoms with Gasteiger partial charge >= 0.3 is 0 Å². The maximum Gasteiger partial charge on any atom is 0.233 e. The van der Waals surface area contributed by atoms with Crippen molar-refractivity contribution in [2.75, 3.05) is 26.4 Å². The zero-order valence-corrected chi connectivity index (χ0v) is 9.56. The Morgan fingerprint density at radius 1 is 1.53 bits per heavy atom.